The Hall–Kier alpha value is -0.730. The molecule has 0 aliphatic heterocycles. The molecule has 3 heteroatoms. The molecule has 0 aromatic rings. The van der Waals surface area contributed by atoms with Gasteiger partial charge in [-0.3, -0.25) is 0 Å². The van der Waals surface area contributed by atoms with Gasteiger partial charge in [-0.25, -0.2) is 4.79 Å². The fraction of sp³-hybridized carbons (Fsp3) is 0.917. The molecule has 15 heavy (non-hydrogen) atoms. The van der Waals surface area contributed by atoms with Crippen LogP contribution in [0.1, 0.15) is 52.9 Å². The second-order valence-corrected chi connectivity index (χ2v) is 4.96. The Bertz CT molecular complexity index is 198. The maximum absolute atomic E-state index is 11.5. The van der Waals surface area contributed by atoms with Crippen LogP contribution < -0.4 is 10.6 Å². The van der Waals surface area contributed by atoms with Gasteiger partial charge in [0.2, 0.25) is 0 Å². The number of carbonyl (C=O) groups is 1. The molecule has 1 aliphatic carbocycles. The van der Waals surface area contributed by atoms with Gasteiger partial charge in [0.25, 0.3) is 0 Å². The summed E-state index contributed by atoms with van der Waals surface area (Å²) in [5.41, 5.74) is 0. The summed E-state index contributed by atoms with van der Waals surface area (Å²) in [5, 5.41) is 5.89. The lowest BCUT2D eigenvalue weighted by Gasteiger charge is -2.28. The SMILES string of the molecule is CC(C)NC(=O)NC(C)C1CCCCC1. The number of rotatable bonds is 3. The lowest BCUT2D eigenvalue weighted by molar-refractivity contribution is 0.223. The van der Waals surface area contributed by atoms with E-state index in [-0.39, 0.29) is 12.1 Å². The van der Waals surface area contributed by atoms with Crippen LogP contribution >= 0.6 is 0 Å². The zero-order valence-electron chi connectivity index (χ0n) is 10.2. The third kappa shape index (κ3) is 4.54. The minimum absolute atomic E-state index is 0.0249. The van der Waals surface area contributed by atoms with E-state index in [1.807, 2.05) is 13.8 Å². The van der Waals surface area contributed by atoms with Gasteiger partial charge in [0, 0.05) is 12.1 Å². The molecule has 0 aromatic carbocycles. The minimum atomic E-state index is -0.0249. The minimum Gasteiger partial charge on any atom is -0.336 e. The van der Waals surface area contributed by atoms with Crippen LogP contribution in [0.2, 0.25) is 0 Å². The molecule has 1 aliphatic rings. The van der Waals surface area contributed by atoms with Crippen LogP contribution in [0.25, 0.3) is 0 Å². The highest BCUT2D eigenvalue weighted by Gasteiger charge is 2.21. The lowest BCUT2D eigenvalue weighted by atomic mass is 9.85. The van der Waals surface area contributed by atoms with Crippen LogP contribution in [0.15, 0.2) is 0 Å². The first-order chi connectivity index (χ1) is 7.09. The predicted octanol–water partition coefficient (Wildman–Crippen LogP) is 2.66. The van der Waals surface area contributed by atoms with Crippen molar-refractivity contribution in [3.63, 3.8) is 0 Å². The molecule has 2 N–H and O–H groups in total. The monoisotopic (exact) mass is 212 g/mol. The summed E-state index contributed by atoms with van der Waals surface area (Å²) in [6.45, 7) is 6.08. The van der Waals surface area contributed by atoms with Crippen molar-refractivity contribution in [1.29, 1.82) is 0 Å². The first kappa shape index (κ1) is 12.3. The van der Waals surface area contributed by atoms with E-state index in [9.17, 15) is 4.79 Å². The summed E-state index contributed by atoms with van der Waals surface area (Å²) in [5.74, 6) is 0.677. The number of amides is 2. The molecule has 88 valence electrons. The smallest absolute Gasteiger partial charge is 0.315 e. The molecule has 1 saturated carbocycles. The first-order valence-corrected chi connectivity index (χ1v) is 6.16. The summed E-state index contributed by atoms with van der Waals surface area (Å²) >= 11 is 0. The van der Waals surface area contributed by atoms with Crippen LogP contribution in [0.3, 0.4) is 0 Å². The van der Waals surface area contributed by atoms with Gasteiger partial charge in [-0.05, 0) is 39.5 Å². The van der Waals surface area contributed by atoms with E-state index >= 15 is 0 Å². The predicted molar refractivity (Wildman–Crippen MR) is 62.8 cm³/mol. The van der Waals surface area contributed by atoms with E-state index in [1.54, 1.807) is 0 Å². The zero-order chi connectivity index (χ0) is 11.3. The molecule has 0 aromatic heterocycles. The van der Waals surface area contributed by atoms with Crippen molar-refractivity contribution in [1.82, 2.24) is 10.6 Å². The molecule has 0 bridgehead atoms. The zero-order valence-corrected chi connectivity index (χ0v) is 10.2. The van der Waals surface area contributed by atoms with Gasteiger partial charge >= 0.3 is 6.03 Å². The summed E-state index contributed by atoms with van der Waals surface area (Å²) in [6, 6.07) is 0.496. The number of hydrogen-bond donors (Lipinski definition) is 2. The Morgan fingerprint density at radius 2 is 1.67 bits per heavy atom. The van der Waals surface area contributed by atoms with Gasteiger partial charge in [0.05, 0.1) is 0 Å². The van der Waals surface area contributed by atoms with Crippen LogP contribution in [0, 0.1) is 5.92 Å². The highest BCUT2D eigenvalue weighted by Crippen LogP contribution is 2.26. The second kappa shape index (κ2) is 5.99. The van der Waals surface area contributed by atoms with E-state index in [0.717, 1.165) is 0 Å². The molecule has 0 heterocycles. The van der Waals surface area contributed by atoms with Gasteiger partial charge in [-0.1, -0.05) is 19.3 Å². The van der Waals surface area contributed by atoms with Gasteiger partial charge in [0.1, 0.15) is 0 Å². The highest BCUT2D eigenvalue weighted by molar-refractivity contribution is 5.74. The van der Waals surface area contributed by atoms with Crippen molar-refractivity contribution >= 4 is 6.03 Å². The highest BCUT2D eigenvalue weighted by atomic mass is 16.2. The molecule has 0 radical (unpaired) electrons. The number of nitrogens with one attached hydrogen (secondary N) is 2. The van der Waals surface area contributed by atoms with Crippen molar-refractivity contribution < 1.29 is 4.79 Å². The molecule has 0 spiro atoms. The third-order valence-corrected chi connectivity index (χ3v) is 3.14. The molecule has 1 unspecified atom stereocenters. The third-order valence-electron chi connectivity index (χ3n) is 3.14. The van der Waals surface area contributed by atoms with Gasteiger partial charge in [0.15, 0.2) is 0 Å². The molecule has 0 saturated heterocycles. The molecule has 1 fully saturated rings. The largest absolute Gasteiger partial charge is 0.336 e. The fourth-order valence-corrected chi connectivity index (χ4v) is 2.26. The maximum atomic E-state index is 11.5. The Morgan fingerprint density at radius 3 is 2.20 bits per heavy atom. The van der Waals surface area contributed by atoms with Crippen LogP contribution in [0.4, 0.5) is 4.79 Å². The maximum Gasteiger partial charge on any atom is 0.315 e. The van der Waals surface area contributed by atoms with Crippen molar-refractivity contribution in [2.75, 3.05) is 0 Å². The lowest BCUT2D eigenvalue weighted by Crippen LogP contribution is -2.46. The summed E-state index contributed by atoms with van der Waals surface area (Å²) in [4.78, 5) is 11.5. The first-order valence-electron chi connectivity index (χ1n) is 6.16. The molecular formula is C12H24N2O. The molecule has 1 rings (SSSR count). The van der Waals surface area contributed by atoms with Crippen molar-refractivity contribution in [3.05, 3.63) is 0 Å². The average molecular weight is 212 g/mol. The van der Waals surface area contributed by atoms with Crippen LogP contribution in [-0.4, -0.2) is 18.1 Å². The van der Waals surface area contributed by atoms with E-state index in [0.29, 0.717) is 12.0 Å². The Balaban J connectivity index is 2.27. The van der Waals surface area contributed by atoms with Crippen LogP contribution in [0.5, 0.6) is 0 Å². The fourth-order valence-electron chi connectivity index (χ4n) is 2.26. The Morgan fingerprint density at radius 1 is 1.07 bits per heavy atom. The van der Waals surface area contributed by atoms with E-state index in [4.69, 9.17) is 0 Å². The quantitative estimate of drug-likeness (QED) is 0.742. The van der Waals surface area contributed by atoms with Crippen molar-refractivity contribution in [2.45, 2.75) is 65.0 Å². The topological polar surface area (TPSA) is 41.1 Å². The van der Waals surface area contributed by atoms with Crippen molar-refractivity contribution in [2.24, 2.45) is 5.92 Å². The number of hydrogen-bond acceptors (Lipinski definition) is 1. The van der Waals surface area contributed by atoms with Crippen molar-refractivity contribution in [3.8, 4) is 0 Å². The Labute approximate surface area is 93.0 Å². The summed E-state index contributed by atoms with van der Waals surface area (Å²) < 4.78 is 0. The molecule has 1 atom stereocenters. The average Bonchev–Trinajstić information content (AvgIpc) is 2.17. The molecular weight excluding hydrogens is 188 g/mol. The van der Waals surface area contributed by atoms with E-state index in [1.165, 1.54) is 32.1 Å². The molecule has 2 amide bonds. The molecule has 3 nitrogen and oxygen atoms in total. The van der Waals surface area contributed by atoms with Gasteiger partial charge < -0.3 is 10.6 Å². The van der Waals surface area contributed by atoms with Gasteiger partial charge in [-0.15, -0.1) is 0 Å². The summed E-state index contributed by atoms with van der Waals surface area (Å²) in [6.07, 6.45) is 6.54. The Kier molecular flexibility index (Phi) is 4.92. The number of urea groups is 1. The van der Waals surface area contributed by atoms with Crippen LogP contribution in [-0.2, 0) is 0 Å². The van der Waals surface area contributed by atoms with E-state index in [2.05, 4.69) is 17.6 Å². The second-order valence-electron chi connectivity index (χ2n) is 4.96. The normalized spacial score (nSPS) is 20.0. The number of carbonyl (C=O) groups excluding carboxylic acids is 1. The van der Waals surface area contributed by atoms with E-state index < -0.39 is 0 Å². The standard InChI is InChI=1S/C12H24N2O/c1-9(2)13-12(15)14-10(3)11-7-5-4-6-8-11/h9-11H,4-8H2,1-3H3,(H2,13,14,15). The van der Waals surface area contributed by atoms with Gasteiger partial charge in [-0.2, -0.15) is 0 Å². The summed E-state index contributed by atoms with van der Waals surface area (Å²) in [7, 11) is 0.